The largest absolute Gasteiger partial charge is 0.369 e. The van der Waals surface area contributed by atoms with E-state index in [1.54, 1.807) is 13.0 Å². The number of halogens is 1. The van der Waals surface area contributed by atoms with Gasteiger partial charge in [-0.1, -0.05) is 19.1 Å². The van der Waals surface area contributed by atoms with E-state index in [1.165, 1.54) is 12.1 Å². The van der Waals surface area contributed by atoms with Crippen molar-refractivity contribution >= 4 is 5.91 Å². The van der Waals surface area contributed by atoms with Gasteiger partial charge in [-0.15, -0.1) is 0 Å². The Labute approximate surface area is 94.8 Å². The molecule has 0 aromatic heterocycles. The lowest BCUT2D eigenvalue weighted by Gasteiger charge is -2.08. The summed E-state index contributed by atoms with van der Waals surface area (Å²) in [5, 5.41) is 3.11. The van der Waals surface area contributed by atoms with Crippen LogP contribution in [0.5, 0.6) is 0 Å². The summed E-state index contributed by atoms with van der Waals surface area (Å²) in [5.41, 5.74) is 6.06. The summed E-state index contributed by atoms with van der Waals surface area (Å²) in [6.45, 7) is 3.04. The Morgan fingerprint density at radius 3 is 2.94 bits per heavy atom. The summed E-state index contributed by atoms with van der Waals surface area (Å²) in [7, 11) is 0. The topological polar surface area (TPSA) is 55.1 Å². The normalized spacial score (nSPS) is 12.4. The molecule has 1 unspecified atom stereocenters. The highest BCUT2D eigenvalue weighted by atomic mass is 19.1. The third-order valence-electron chi connectivity index (χ3n) is 2.42. The second-order valence-electron chi connectivity index (χ2n) is 3.89. The van der Waals surface area contributed by atoms with Gasteiger partial charge in [0.05, 0.1) is 0 Å². The molecule has 1 atom stereocenters. The van der Waals surface area contributed by atoms with E-state index < -0.39 is 0 Å². The van der Waals surface area contributed by atoms with Gasteiger partial charge in [-0.25, -0.2) is 4.39 Å². The summed E-state index contributed by atoms with van der Waals surface area (Å²) >= 11 is 0. The second-order valence-corrected chi connectivity index (χ2v) is 3.89. The molecule has 4 heteroatoms. The van der Waals surface area contributed by atoms with Crippen molar-refractivity contribution in [1.29, 1.82) is 0 Å². The molecule has 1 amide bonds. The summed E-state index contributed by atoms with van der Waals surface area (Å²) in [4.78, 5) is 10.7. The van der Waals surface area contributed by atoms with E-state index in [-0.39, 0.29) is 17.6 Å². The Bertz CT molecular complexity index is 355. The van der Waals surface area contributed by atoms with E-state index in [0.717, 1.165) is 12.0 Å². The van der Waals surface area contributed by atoms with Crippen LogP contribution in [0.4, 0.5) is 4.39 Å². The number of rotatable bonds is 6. The summed E-state index contributed by atoms with van der Waals surface area (Å²) in [6.07, 6.45) is 0.739. The van der Waals surface area contributed by atoms with Gasteiger partial charge in [0.15, 0.2) is 0 Å². The lowest BCUT2D eigenvalue weighted by atomic mass is 10.1. The Morgan fingerprint density at radius 1 is 1.56 bits per heavy atom. The molecule has 1 aromatic rings. The second kappa shape index (κ2) is 6.23. The number of carbonyl (C=O) groups excluding carboxylic acids is 1. The van der Waals surface area contributed by atoms with E-state index in [9.17, 15) is 9.18 Å². The maximum absolute atomic E-state index is 12.8. The van der Waals surface area contributed by atoms with Crippen molar-refractivity contribution in [2.45, 2.75) is 13.3 Å². The van der Waals surface area contributed by atoms with Crippen LogP contribution >= 0.6 is 0 Å². The molecule has 1 rings (SSSR count). The lowest BCUT2D eigenvalue weighted by molar-refractivity contribution is -0.121. The van der Waals surface area contributed by atoms with Crippen LogP contribution in [0.3, 0.4) is 0 Å². The first-order valence-corrected chi connectivity index (χ1v) is 5.34. The van der Waals surface area contributed by atoms with Crippen LogP contribution in [0.15, 0.2) is 24.3 Å². The van der Waals surface area contributed by atoms with Gasteiger partial charge < -0.3 is 11.1 Å². The minimum Gasteiger partial charge on any atom is -0.369 e. The molecule has 0 aliphatic carbocycles. The molecular formula is C12H17FN2O. The molecule has 0 spiro atoms. The molecule has 88 valence electrons. The summed E-state index contributed by atoms with van der Waals surface area (Å²) in [6, 6.07) is 6.50. The van der Waals surface area contributed by atoms with E-state index in [2.05, 4.69) is 5.32 Å². The molecule has 16 heavy (non-hydrogen) atoms. The Morgan fingerprint density at radius 2 is 2.31 bits per heavy atom. The van der Waals surface area contributed by atoms with Gasteiger partial charge in [-0.2, -0.15) is 0 Å². The maximum Gasteiger partial charge on any atom is 0.221 e. The number of nitrogens with two attached hydrogens (primary N) is 1. The minimum absolute atomic E-state index is 0.174. The number of amides is 1. The molecule has 0 saturated heterocycles. The van der Waals surface area contributed by atoms with Crippen LogP contribution in [0, 0.1) is 11.7 Å². The van der Waals surface area contributed by atoms with Gasteiger partial charge in [0.25, 0.3) is 0 Å². The number of carbonyl (C=O) groups is 1. The zero-order valence-corrected chi connectivity index (χ0v) is 9.37. The van der Waals surface area contributed by atoms with Crippen molar-refractivity contribution in [2.24, 2.45) is 11.7 Å². The molecule has 0 bridgehead atoms. The molecule has 0 radical (unpaired) electrons. The Balaban J connectivity index is 2.23. The van der Waals surface area contributed by atoms with Crippen LogP contribution in [-0.4, -0.2) is 19.0 Å². The van der Waals surface area contributed by atoms with Crippen molar-refractivity contribution in [3.05, 3.63) is 35.6 Å². The van der Waals surface area contributed by atoms with Crippen molar-refractivity contribution in [2.75, 3.05) is 13.1 Å². The van der Waals surface area contributed by atoms with Crippen LogP contribution < -0.4 is 11.1 Å². The van der Waals surface area contributed by atoms with Crippen molar-refractivity contribution in [3.63, 3.8) is 0 Å². The first kappa shape index (κ1) is 12.6. The highest BCUT2D eigenvalue weighted by Crippen LogP contribution is 2.03. The standard InChI is InChI=1S/C12H17FN2O/c1-9(12(14)16)8-15-6-5-10-3-2-4-11(13)7-10/h2-4,7,9,15H,5-6,8H2,1H3,(H2,14,16). The molecule has 0 heterocycles. The quantitative estimate of drug-likeness (QED) is 0.710. The monoisotopic (exact) mass is 224 g/mol. The third-order valence-corrected chi connectivity index (χ3v) is 2.42. The van der Waals surface area contributed by atoms with Gasteiger partial charge in [-0.3, -0.25) is 4.79 Å². The zero-order chi connectivity index (χ0) is 12.0. The Hall–Kier alpha value is -1.42. The molecule has 0 aliphatic heterocycles. The molecule has 3 N–H and O–H groups in total. The van der Waals surface area contributed by atoms with Crippen molar-refractivity contribution in [1.82, 2.24) is 5.32 Å². The number of benzene rings is 1. The highest BCUT2D eigenvalue weighted by molar-refractivity contribution is 5.76. The predicted molar refractivity (Wildman–Crippen MR) is 61.3 cm³/mol. The van der Waals surface area contributed by atoms with E-state index >= 15 is 0 Å². The first-order chi connectivity index (χ1) is 7.59. The van der Waals surface area contributed by atoms with Gasteiger partial charge in [-0.05, 0) is 30.7 Å². The number of hydrogen-bond acceptors (Lipinski definition) is 2. The van der Waals surface area contributed by atoms with Gasteiger partial charge in [0, 0.05) is 12.5 Å². The van der Waals surface area contributed by atoms with E-state index in [1.807, 2.05) is 6.07 Å². The third kappa shape index (κ3) is 4.40. The Kier molecular flexibility index (Phi) is 4.92. The number of nitrogens with one attached hydrogen (secondary N) is 1. The molecular weight excluding hydrogens is 207 g/mol. The zero-order valence-electron chi connectivity index (χ0n) is 9.37. The van der Waals surface area contributed by atoms with E-state index in [4.69, 9.17) is 5.73 Å². The fourth-order valence-electron chi connectivity index (χ4n) is 1.34. The molecule has 1 aromatic carbocycles. The van der Waals surface area contributed by atoms with Crippen LogP contribution in [0.2, 0.25) is 0 Å². The van der Waals surface area contributed by atoms with Crippen LogP contribution in [0.25, 0.3) is 0 Å². The van der Waals surface area contributed by atoms with Gasteiger partial charge >= 0.3 is 0 Å². The minimum atomic E-state index is -0.307. The molecule has 0 saturated carbocycles. The predicted octanol–water partition coefficient (Wildman–Crippen LogP) is 1.08. The maximum atomic E-state index is 12.8. The molecule has 3 nitrogen and oxygen atoms in total. The first-order valence-electron chi connectivity index (χ1n) is 5.34. The fraction of sp³-hybridized carbons (Fsp3) is 0.417. The SMILES string of the molecule is CC(CNCCc1cccc(F)c1)C(N)=O. The smallest absolute Gasteiger partial charge is 0.221 e. The highest BCUT2D eigenvalue weighted by Gasteiger charge is 2.06. The summed E-state index contributed by atoms with van der Waals surface area (Å²) < 4.78 is 12.8. The summed E-state index contributed by atoms with van der Waals surface area (Å²) in [5.74, 6) is -0.700. The van der Waals surface area contributed by atoms with Crippen LogP contribution in [-0.2, 0) is 11.2 Å². The van der Waals surface area contributed by atoms with Gasteiger partial charge in [0.2, 0.25) is 5.91 Å². The molecule has 0 fully saturated rings. The average Bonchev–Trinajstić information content (AvgIpc) is 2.24. The van der Waals surface area contributed by atoms with E-state index in [0.29, 0.717) is 13.1 Å². The number of primary amides is 1. The average molecular weight is 224 g/mol. The number of hydrogen-bond donors (Lipinski definition) is 2. The fourth-order valence-corrected chi connectivity index (χ4v) is 1.34. The van der Waals surface area contributed by atoms with Crippen molar-refractivity contribution in [3.8, 4) is 0 Å². The van der Waals surface area contributed by atoms with Gasteiger partial charge in [0.1, 0.15) is 5.82 Å². The lowest BCUT2D eigenvalue weighted by Crippen LogP contribution is -2.31. The van der Waals surface area contributed by atoms with Crippen molar-refractivity contribution < 1.29 is 9.18 Å². The van der Waals surface area contributed by atoms with Crippen LogP contribution in [0.1, 0.15) is 12.5 Å². The molecule has 0 aliphatic rings.